The van der Waals surface area contributed by atoms with Crippen molar-refractivity contribution in [2.75, 3.05) is 4.90 Å². The summed E-state index contributed by atoms with van der Waals surface area (Å²) in [5, 5.41) is 0.511. The van der Waals surface area contributed by atoms with Gasteiger partial charge in [0.05, 0.1) is 17.5 Å². The van der Waals surface area contributed by atoms with Gasteiger partial charge in [0.25, 0.3) is 0 Å². The molecule has 3 aliphatic rings. The minimum absolute atomic E-state index is 0.0824. The fourth-order valence-corrected chi connectivity index (χ4v) is 5.86. The Morgan fingerprint density at radius 3 is 1.72 bits per heavy atom. The van der Waals surface area contributed by atoms with Crippen molar-refractivity contribution in [1.82, 2.24) is 0 Å². The van der Waals surface area contributed by atoms with E-state index in [2.05, 4.69) is 36.4 Å². The SMILES string of the molecule is O=C1[C@H]2[C@H](C(=O)N1c1cccc(Cl)c1)[C@H]1C=C[C@H]2C1=C(c1ccccc1)c1ccccc1. The van der Waals surface area contributed by atoms with Crippen LogP contribution < -0.4 is 4.90 Å². The molecule has 0 spiro atoms. The summed E-state index contributed by atoms with van der Waals surface area (Å²) in [5.41, 5.74) is 5.09. The minimum atomic E-state index is -0.367. The maximum absolute atomic E-state index is 13.5. The van der Waals surface area contributed by atoms with E-state index in [1.54, 1.807) is 24.3 Å². The zero-order valence-corrected chi connectivity index (χ0v) is 17.9. The van der Waals surface area contributed by atoms with Gasteiger partial charge in [-0.25, -0.2) is 4.90 Å². The molecule has 156 valence electrons. The second-order valence-corrected chi connectivity index (χ2v) is 8.98. The number of fused-ring (bicyclic) bond motifs is 5. The molecule has 2 bridgehead atoms. The molecule has 1 heterocycles. The zero-order valence-electron chi connectivity index (χ0n) is 17.2. The normalized spacial score (nSPS) is 25.5. The number of anilines is 1. The molecular weight excluding hydrogens is 418 g/mol. The molecule has 1 aliphatic heterocycles. The number of benzene rings is 3. The van der Waals surface area contributed by atoms with Crippen LogP contribution in [0.2, 0.25) is 5.02 Å². The first-order valence-corrected chi connectivity index (χ1v) is 11.2. The third-order valence-corrected chi connectivity index (χ3v) is 7.13. The van der Waals surface area contributed by atoms with Gasteiger partial charge in [-0.2, -0.15) is 0 Å². The Balaban J connectivity index is 1.49. The summed E-state index contributed by atoms with van der Waals surface area (Å²) in [7, 11) is 0. The third kappa shape index (κ3) is 2.74. The number of hydrogen-bond donors (Lipinski definition) is 0. The summed E-state index contributed by atoms with van der Waals surface area (Å²) in [4.78, 5) is 28.4. The lowest BCUT2D eigenvalue weighted by Gasteiger charge is -2.21. The van der Waals surface area contributed by atoms with E-state index in [1.165, 1.54) is 10.5 Å². The zero-order chi connectivity index (χ0) is 21.8. The Bertz CT molecular complexity index is 1220. The largest absolute Gasteiger partial charge is 0.274 e. The predicted molar refractivity (Wildman–Crippen MR) is 126 cm³/mol. The van der Waals surface area contributed by atoms with Gasteiger partial charge in [0.15, 0.2) is 0 Å². The van der Waals surface area contributed by atoms with Crippen LogP contribution in [0, 0.1) is 23.7 Å². The minimum Gasteiger partial charge on any atom is -0.274 e. The lowest BCUT2D eigenvalue weighted by molar-refractivity contribution is -0.122. The van der Waals surface area contributed by atoms with E-state index in [4.69, 9.17) is 11.6 Å². The molecule has 0 aromatic heterocycles. The van der Waals surface area contributed by atoms with Gasteiger partial charge < -0.3 is 0 Å². The van der Waals surface area contributed by atoms with Gasteiger partial charge in [-0.05, 0) is 40.5 Å². The smallest absolute Gasteiger partial charge is 0.238 e. The summed E-state index contributed by atoms with van der Waals surface area (Å²) in [6.45, 7) is 0. The van der Waals surface area contributed by atoms with Crippen molar-refractivity contribution in [2.24, 2.45) is 23.7 Å². The average molecular weight is 438 g/mol. The summed E-state index contributed by atoms with van der Waals surface area (Å²) < 4.78 is 0. The van der Waals surface area contributed by atoms with E-state index < -0.39 is 0 Å². The monoisotopic (exact) mass is 437 g/mol. The van der Waals surface area contributed by atoms with Crippen molar-refractivity contribution < 1.29 is 9.59 Å². The molecule has 1 saturated carbocycles. The van der Waals surface area contributed by atoms with Crippen LogP contribution in [0.15, 0.2) is 103 Å². The lowest BCUT2D eigenvalue weighted by Crippen LogP contribution is -2.33. The second-order valence-electron chi connectivity index (χ2n) is 8.54. The molecule has 2 fully saturated rings. The highest BCUT2D eigenvalue weighted by molar-refractivity contribution is 6.31. The van der Waals surface area contributed by atoms with Crippen molar-refractivity contribution in [3.05, 3.63) is 119 Å². The van der Waals surface area contributed by atoms with Crippen LogP contribution in [0.3, 0.4) is 0 Å². The van der Waals surface area contributed by atoms with Crippen LogP contribution >= 0.6 is 11.6 Å². The van der Waals surface area contributed by atoms with Crippen LogP contribution in [0.1, 0.15) is 11.1 Å². The van der Waals surface area contributed by atoms with Crippen LogP contribution in [-0.4, -0.2) is 11.8 Å². The van der Waals surface area contributed by atoms with Gasteiger partial charge in [0, 0.05) is 16.9 Å². The van der Waals surface area contributed by atoms with E-state index in [9.17, 15) is 9.59 Å². The predicted octanol–water partition coefficient (Wildman–Crippen LogP) is 5.76. The molecule has 0 N–H and O–H groups in total. The molecule has 2 amide bonds. The van der Waals surface area contributed by atoms with Crippen molar-refractivity contribution in [1.29, 1.82) is 0 Å². The Labute approximate surface area is 191 Å². The van der Waals surface area contributed by atoms with E-state index in [0.717, 1.165) is 16.7 Å². The maximum atomic E-state index is 13.5. The molecule has 3 aromatic rings. The molecule has 2 aliphatic carbocycles. The highest BCUT2D eigenvalue weighted by Crippen LogP contribution is 2.58. The van der Waals surface area contributed by atoms with E-state index in [0.29, 0.717) is 10.7 Å². The Morgan fingerprint density at radius 1 is 0.688 bits per heavy atom. The molecule has 32 heavy (non-hydrogen) atoms. The first-order chi connectivity index (χ1) is 15.6. The average Bonchev–Trinajstić information content (AvgIpc) is 3.45. The fraction of sp³-hybridized carbons (Fsp3) is 0.143. The van der Waals surface area contributed by atoms with Crippen molar-refractivity contribution >= 4 is 34.7 Å². The summed E-state index contributed by atoms with van der Waals surface area (Å²) >= 11 is 6.14. The number of carbonyl (C=O) groups is 2. The first-order valence-electron chi connectivity index (χ1n) is 10.8. The Morgan fingerprint density at radius 2 is 1.22 bits per heavy atom. The van der Waals surface area contributed by atoms with Crippen LogP contribution in [0.4, 0.5) is 5.69 Å². The number of halogens is 1. The van der Waals surface area contributed by atoms with Crippen LogP contribution in [0.25, 0.3) is 5.57 Å². The number of hydrogen-bond acceptors (Lipinski definition) is 2. The molecule has 0 radical (unpaired) electrons. The van der Waals surface area contributed by atoms with Crippen molar-refractivity contribution in [3.8, 4) is 0 Å². The van der Waals surface area contributed by atoms with Crippen LogP contribution in [-0.2, 0) is 9.59 Å². The molecule has 3 nitrogen and oxygen atoms in total. The fourth-order valence-electron chi connectivity index (χ4n) is 5.68. The van der Waals surface area contributed by atoms with Gasteiger partial charge in [-0.1, -0.05) is 90.5 Å². The van der Waals surface area contributed by atoms with E-state index >= 15 is 0 Å². The number of amides is 2. The summed E-state index contributed by atoms with van der Waals surface area (Å²) in [5.74, 6) is -1.15. The van der Waals surface area contributed by atoms with Gasteiger partial charge in [-0.15, -0.1) is 0 Å². The van der Waals surface area contributed by atoms with Crippen LogP contribution in [0.5, 0.6) is 0 Å². The van der Waals surface area contributed by atoms with Gasteiger partial charge in [0.2, 0.25) is 11.8 Å². The quantitative estimate of drug-likeness (QED) is 0.385. The number of allylic oxidation sites excluding steroid dienone is 3. The summed E-state index contributed by atoms with van der Waals surface area (Å²) in [6.07, 6.45) is 4.25. The van der Waals surface area contributed by atoms with Crippen molar-refractivity contribution in [3.63, 3.8) is 0 Å². The lowest BCUT2D eigenvalue weighted by atomic mass is 9.85. The number of imide groups is 1. The molecule has 6 rings (SSSR count). The number of rotatable bonds is 3. The van der Waals surface area contributed by atoms with E-state index in [-0.39, 0.29) is 35.5 Å². The molecule has 1 saturated heterocycles. The molecular formula is C28H20ClNO2. The first kappa shape index (κ1) is 19.3. The molecule has 0 unspecified atom stereocenters. The molecule has 4 heteroatoms. The highest BCUT2D eigenvalue weighted by Gasteiger charge is 2.62. The van der Waals surface area contributed by atoms with E-state index in [1.807, 2.05) is 36.4 Å². The standard InChI is InChI=1S/C28H20ClNO2/c29-19-12-7-13-20(16-19)30-27(31)25-21-14-15-22(26(25)28(30)32)24(21)23(17-8-3-1-4-9-17)18-10-5-2-6-11-18/h1-16,21-22,25-26H/t21-,22-,25+,26+/m0/s1. The molecule has 3 aromatic carbocycles. The summed E-state index contributed by atoms with van der Waals surface area (Å²) in [6, 6.07) is 27.5. The van der Waals surface area contributed by atoms with Crippen molar-refractivity contribution in [2.45, 2.75) is 0 Å². The highest BCUT2D eigenvalue weighted by atomic mass is 35.5. The van der Waals surface area contributed by atoms with Gasteiger partial charge in [-0.3, -0.25) is 9.59 Å². The third-order valence-electron chi connectivity index (χ3n) is 6.90. The molecule has 4 atom stereocenters. The topological polar surface area (TPSA) is 37.4 Å². The number of nitrogens with zero attached hydrogens (tertiary/aromatic N) is 1. The van der Waals surface area contributed by atoms with Gasteiger partial charge >= 0.3 is 0 Å². The second kappa shape index (κ2) is 7.32. The Kier molecular flexibility index (Phi) is 4.41. The van der Waals surface area contributed by atoms with Gasteiger partial charge in [0.1, 0.15) is 0 Å². The number of carbonyl (C=O) groups excluding carboxylic acids is 2. The Hall–Kier alpha value is -3.43. The maximum Gasteiger partial charge on any atom is 0.238 e.